The van der Waals surface area contributed by atoms with Crippen molar-refractivity contribution < 1.29 is 4.42 Å². The lowest BCUT2D eigenvalue weighted by atomic mass is 10.1. The van der Waals surface area contributed by atoms with Gasteiger partial charge >= 0.3 is 0 Å². The summed E-state index contributed by atoms with van der Waals surface area (Å²) in [6, 6.07) is 16.6. The van der Waals surface area contributed by atoms with E-state index in [4.69, 9.17) is 4.42 Å². The summed E-state index contributed by atoms with van der Waals surface area (Å²) in [5, 5.41) is 5.54. The molecule has 0 bridgehead atoms. The van der Waals surface area contributed by atoms with Crippen molar-refractivity contribution in [1.29, 1.82) is 0 Å². The van der Waals surface area contributed by atoms with E-state index in [1.54, 1.807) is 11.3 Å². The van der Waals surface area contributed by atoms with Gasteiger partial charge in [0.15, 0.2) is 0 Å². The molecular formula is C16H15NOS. The fourth-order valence-corrected chi connectivity index (χ4v) is 2.81. The minimum Gasteiger partial charge on any atom is -0.465 e. The van der Waals surface area contributed by atoms with E-state index in [0.717, 1.165) is 17.2 Å². The van der Waals surface area contributed by atoms with Crippen molar-refractivity contribution in [2.45, 2.75) is 13.5 Å². The molecule has 0 unspecified atom stereocenters. The van der Waals surface area contributed by atoms with E-state index in [0.29, 0.717) is 6.54 Å². The molecule has 1 aromatic carbocycles. The Balaban J connectivity index is 1.81. The molecule has 2 aromatic heterocycles. The normalized spacial score (nSPS) is 10.6. The zero-order valence-corrected chi connectivity index (χ0v) is 11.5. The van der Waals surface area contributed by atoms with Gasteiger partial charge in [0, 0.05) is 16.1 Å². The third-order valence-electron chi connectivity index (χ3n) is 2.96. The standard InChI is InChI=1S/C16H15NOS/c1-12-8-9-13(18-12)11-17-15-6-3-2-5-14(15)16-7-4-10-19-16/h2-10,17H,11H2,1H3. The van der Waals surface area contributed by atoms with Crippen LogP contribution in [0.1, 0.15) is 11.5 Å². The van der Waals surface area contributed by atoms with Gasteiger partial charge in [-0.15, -0.1) is 11.3 Å². The summed E-state index contributed by atoms with van der Waals surface area (Å²) < 4.78 is 5.58. The van der Waals surface area contributed by atoms with Crippen LogP contribution in [0.5, 0.6) is 0 Å². The van der Waals surface area contributed by atoms with Crippen molar-refractivity contribution in [3.05, 3.63) is 65.4 Å². The second kappa shape index (κ2) is 5.33. The molecule has 0 spiro atoms. The molecule has 0 aliphatic rings. The lowest BCUT2D eigenvalue weighted by Crippen LogP contribution is -1.99. The van der Waals surface area contributed by atoms with Crippen LogP contribution in [0.3, 0.4) is 0 Å². The first-order chi connectivity index (χ1) is 9.33. The second-order valence-corrected chi connectivity index (χ2v) is 5.34. The van der Waals surface area contributed by atoms with Crippen LogP contribution in [-0.2, 0) is 6.54 Å². The van der Waals surface area contributed by atoms with Crippen LogP contribution in [0.15, 0.2) is 58.3 Å². The molecule has 0 atom stereocenters. The van der Waals surface area contributed by atoms with E-state index in [1.165, 1.54) is 10.4 Å². The number of nitrogens with one attached hydrogen (secondary N) is 1. The van der Waals surface area contributed by atoms with Crippen LogP contribution in [0, 0.1) is 6.92 Å². The molecule has 96 valence electrons. The first kappa shape index (κ1) is 12.1. The first-order valence-corrected chi connectivity index (χ1v) is 7.13. The van der Waals surface area contributed by atoms with Crippen molar-refractivity contribution in [2.24, 2.45) is 0 Å². The summed E-state index contributed by atoms with van der Waals surface area (Å²) >= 11 is 1.75. The molecule has 0 saturated carbocycles. The number of furan rings is 1. The van der Waals surface area contributed by atoms with Crippen LogP contribution in [0.2, 0.25) is 0 Å². The molecule has 1 N–H and O–H groups in total. The van der Waals surface area contributed by atoms with Crippen LogP contribution >= 0.6 is 11.3 Å². The summed E-state index contributed by atoms with van der Waals surface area (Å²) in [7, 11) is 0. The third kappa shape index (κ3) is 2.71. The number of para-hydroxylation sites is 1. The Morgan fingerprint density at radius 3 is 2.68 bits per heavy atom. The molecule has 3 aromatic rings. The third-order valence-corrected chi connectivity index (χ3v) is 3.87. The summed E-state index contributed by atoms with van der Waals surface area (Å²) in [4.78, 5) is 1.28. The molecule has 19 heavy (non-hydrogen) atoms. The topological polar surface area (TPSA) is 25.2 Å². The minimum absolute atomic E-state index is 0.705. The Labute approximate surface area is 116 Å². The quantitative estimate of drug-likeness (QED) is 0.726. The van der Waals surface area contributed by atoms with E-state index in [-0.39, 0.29) is 0 Å². The van der Waals surface area contributed by atoms with Gasteiger partial charge < -0.3 is 9.73 Å². The maximum absolute atomic E-state index is 5.58. The van der Waals surface area contributed by atoms with Crippen LogP contribution in [0.4, 0.5) is 5.69 Å². The average Bonchev–Trinajstić information content (AvgIpc) is 3.08. The number of rotatable bonds is 4. The highest BCUT2D eigenvalue weighted by atomic mass is 32.1. The number of aryl methyl sites for hydroxylation is 1. The van der Waals surface area contributed by atoms with E-state index in [9.17, 15) is 0 Å². The van der Waals surface area contributed by atoms with Crippen LogP contribution in [0.25, 0.3) is 10.4 Å². The second-order valence-electron chi connectivity index (χ2n) is 4.39. The van der Waals surface area contributed by atoms with Gasteiger partial charge in [-0.05, 0) is 36.6 Å². The Bertz CT molecular complexity index is 655. The van der Waals surface area contributed by atoms with Gasteiger partial charge in [-0.25, -0.2) is 0 Å². The van der Waals surface area contributed by atoms with Gasteiger partial charge in [-0.2, -0.15) is 0 Å². The maximum Gasteiger partial charge on any atom is 0.123 e. The fourth-order valence-electron chi connectivity index (χ4n) is 2.05. The largest absolute Gasteiger partial charge is 0.465 e. The molecule has 3 rings (SSSR count). The fraction of sp³-hybridized carbons (Fsp3) is 0.125. The van der Waals surface area contributed by atoms with Crippen molar-refractivity contribution in [2.75, 3.05) is 5.32 Å². The lowest BCUT2D eigenvalue weighted by Gasteiger charge is -2.09. The smallest absolute Gasteiger partial charge is 0.123 e. The van der Waals surface area contributed by atoms with E-state index in [2.05, 4.69) is 41.0 Å². The van der Waals surface area contributed by atoms with Crippen molar-refractivity contribution >= 4 is 17.0 Å². The zero-order valence-electron chi connectivity index (χ0n) is 10.7. The van der Waals surface area contributed by atoms with Gasteiger partial charge in [-0.1, -0.05) is 24.3 Å². The molecule has 2 nitrogen and oxygen atoms in total. The van der Waals surface area contributed by atoms with E-state index in [1.807, 2.05) is 25.1 Å². The van der Waals surface area contributed by atoms with Gasteiger partial charge in [0.2, 0.25) is 0 Å². The Morgan fingerprint density at radius 1 is 1.05 bits per heavy atom. The summed E-state index contributed by atoms with van der Waals surface area (Å²) in [6.07, 6.45) is 0. The highest BCUT2D eigenvalue weighted by molar-refractivity contribution is 7.13. The Kier molecular flexibility index (Phi) is 3.38. The summed E-state index contributed by atoms with van der Waals surface area (Å²) in [5.74, 6) is 1.90. The van der Waals surface area contributed by atoms with Crippen LogP contribution < -0.4 is 5.32 Å². The summed E-state index contributed by atoms with van der Waals surface area (Å²) in [6.45, 7) is 2.67. The lowest BCUT2D eigenvalue weighted by molar-refractivity contribution is 0.490. The Morgan fingerprint density at radius 2 is 1.95 bits per heavy atom. The van der Waals surface area contributed by atoms with E-state index >= 15 is 0 Å². The molecule has 0 aliphatic heterocycles. The number of hydrogen-bond donors (Lipinski definition) is 1. The van der Waals surface area contributed by atoms with Gasteiger partial charge in [0.05, 0.1) is 6.54 Å². The number of thiophene rings is 1. The van der Waals surface area contributed by atoms with Crippen LogP contribution in [-0.4, -0.2) is 0 Å². The monoisotopic (exact) mass is 269 g/mol. The molecule has 0 amide bonds. The van der Waals surface area contributed by atoms with Crippen molar-refractivity contribution in [3.8, 4) is 10.4 Å². The minimum atomic E-state index is 0.705. The van der Waals surface area contributed by atoms with Gasteiger partial charge in [-0.3, -0.25) is 0 Å². The molecule has 3 heteroatoms. The number of anilines is 1. The number of benzene rings is 1. The maximum atomic E-state index is 5.58. The first-order valence-electron chi connectivity index (χ1n) is 6.25. The Hall–Kier alpha value is -2.00. The SMILES string of the molecule is Cc1ccc(CNc2ccccc2-c2cccs2)o1. The molecule has 2 heterocycles. The number of hydrogen-bond acceptors (Lipinski definition) is 3. The van der Waals surface area contributed by atoms with Gasteiger partial charge in [0.1, 0.15) is 11.5 Å². The molecular weight excluding hydrogens is 254 g/mol. The summed E-state index contributed by atoms with van der Waals surface area (Å²) in [5.41, 5.74) is 2.37. The van der Waals surface area contributed by atoms with Crippen molar-refractivity contribution in [3.63, 3.8) is 0 Å². The highest BCUT2D eigenvalue weighted by Crippen LogP contribution is 2.31. The van der Waals surface area contributed by atoms with E-state index < -0.39 is 0 Å². The molecule has 0 aliphatic carbocycles. The highest BCUT2D eigenvalue weighted by Gasteiger charge is 2.06. The molecule has 0 fully saturated rings. The zero-order chi connectivity index (χ0) is 13.1. The average molecular weight is 269 g/mol. The molecule has 0 saturated heterocycles. The predicted molar refractivity (Wildman–Crippen MR) is 80.5 cm³/mol. The predicted octanol–water partition coefficient (Wildman–Crippen LogP) is 4.93. The van der Waals surface area contributed by atoms with Gasteiger partial charge in [0.25, 0.3) is 0 Å². The molecule has 0 radical (unpaired) electrons. The van der Waals surface area contributed by atoms with Crippen molar-refractivity contribution in [1.82, 2.24) is 0 Å².